The Morgan fingerprint density at radius 3 is 2.60 bits per heavy atom. The summed E-state index contributed by atoms with van der Waals surface area (Å²) in [7, 11) is 1.35. The van der Waals surface area contributed by atoms with Crippen LogP contribution in [0.3, 0.4) is 0 Å². The van der Waals surface area contributed by atoms with Gasteiger partial charge in [0.15, 0.2) is 5.75 Å². The van der Waals surface area contributed by atoms with Crippen molar-refractivity contribution in [2.24, 2.45) is 5.10 Å². The summed E-state index contributed by atoms with van der Waals surface area (Å²) in [6.45, 7) is 2.42. The number of hydrazone groups is 1. The van der Waals surface area contributed by atoms with E-state index >= 15 is 0 Å². The summed E-state index contributed by atoms with van der Waals surface area (Å²) in [5.74, 6) is 0.427. The van der Waals surface area contributed by atoms with Crippen molar-refractivity contribution >= 4 is 17.8 Å². The van der Waals surface area contributed by atoms with Gasteiger partial charge in [0.25, 0.3) is 5.91 Å². The number of ether oxygens (including phenoxy) is 2. The molecule has 0 saturated carbocycles. The largest absolute Gasteiger partial charge is 0.494 e. The lowest BCUT2D eigenvalue weighted by Gasteiger charge is -2.04. The summed E-state index contributed by atoms with van der Waals surface area (Å²) in [6, 6.07) is 11.0. The van der Waals surface area contributed by atoms with E-state index in [4.69, 9.17) is 9.47 Å². The third-order valence-electron chi connectivity index (χ3n) is 3.21. The van der Waals surface area contributed by atoms with Gasteiger partial charge in [-0.25, -0.2) is 5.43 Å². The van der Waals surface area contributed by atoms with Crippen molar-refractivity contribution < 1.29 is 19.2 Å². The SMILES string of the molecule is CCOc1ccc(C(=O)N/N=C/c2ccc(OC)c([N+](=O)[O-])c2)cc1. The van der Waals surface area contributed by atoms with E-state index in [1.807, 2.05) is 6.92 Å². The zero-order chi connectivity index (χ0) is 18.2. The molecule has 0 aliphatic carbocycles. The number of nitrogens with one attached hydrogen (secondary N) is 1. The Morgan fingerprint density at radius 2 is 2.00 bits per heavy atom. The Bertz CT molecular complexity index is 787. The number of hydrogen-bond donors (Lipinski definition) is 1. The number of nitro groups is 1. The molecular formula is C17H17N3O5. The first kappa shape index (κ1) is 17.9. The number of nitro benzene ring substituents is 1. The average molecular weight is 343 g/mol. The number of nitrogens with zero attached hydrogens (tertiary/aromatic N) is 2. The van der Waals surface area contributed by atoms with Gasteiger partial charge in [-0.3, -0.25) is 14.9 Å². The molecule has 0 heterocycles. The molecule has 25 heavy (non-hydrogen) atoms. The summed E-state index contributed by atoms with van der Waals surface area (Å²) in [5, 5.41) is 14.8. The van der Waals surface area contributed by atoms with Crippen LogP contribution in [0, 0.1) is 10.1 Å². The van der Waals surface area contributed by atoms with E-state index in [0.717, 1.165) is 0 Å². The standard InChI is InChI=1S/C17H17N3O5/c1-3-25-14-7-5-13(6-8-14)17(21)19-18-11-12-4-9-16(24-2)15(10-12)20(22)23/h4-11H,3H2,1-2H3,(H,19,21)/b18-11+. The van der Waals surface area contributed by atoms with Gasteiger partial charge in [0, 0.05) is 17.2 Å². The molecule has 8 nitrogen and oxygen atoms in total. The second kappa shape index (κ2) is 8.44. The van der Waals surface area contributed by atoms with E-state index in [1.54, 1.807) is 30.3 Å². The van der Waals surface area contributed by atoms with E-state index in [0.29, 0.717) is 23.5 Å². The topological polar surface area (TPSA) is 103 Å². The summed E-state index contributed by atoms with van der Waals surface area (Å²) in [4.78, 5) is 22.4. The number of rotatable bonds is 7. The minimum Gasteiger partial charge on any atom is -0.494 e. The maximum Gasteiger partial charge on any atom is 0.311 e. The third kappa shape index (κ3) is 4.77. The molecule has 8 heteroatoms. The first-order valence-electron chi connectivity index (χ1n) is 7.44. The maximum atomic E-state index is 12.0. The lowest BCUT2D eigenvalue weighted by atomic mass is 10.2. The highest BCUT2D eigenvalue weighted by molar-refractivity contribution is 5.95. The highest BCUT2D eigenvalue weighted by Gasteiger charge is 2.14. The molecule has 2 rings (SSSR count). The quantitative estimate of drug-likeness (QED) is 0.473. The Labute approximate surface area is 144 Å². The van der Waals surface area contributed by atoms with Crippen LogP contribution in [0.15, 0.2) is 47.6 Å². The summed E-state index contributed by atoms with van der Waals surface area (Å²) >= 11 is 0. The van der Waals surface area contributed by atoms with Gasteiger partial charge >= 0.3 is 5.69 Å². The molecule has 0 aromatic heterocycles. The van der Waals surface area contributed by atoms with Crippen molar-refractivity contribution in [3.63, 3.8) is 0 Å². The number of methoxy groups -OCH3 is 1. The fourth-order valence-electron chi connectivity index (χ4n) is 2.03. The first-order chi connectivity index (χ1) is 12.0. The minimum atomic E-state index is -0.547. The van der Waals surface area contributed by atoms with E-state index < -0.39 is 10.8 Å². The van der Waals surface area contributed by atoms with Gasteiger partial charge in [-0.15, -0.1) is 0 Å². The maximum absolute atomic E-state index is 12.0. The van der Waals surface area contributed by atoms with Gasteiger partial charge in [-0.05, 0) is 43.3 Å². The van der Waals surface area contributed by atoms with E-state index in [-0.39, 0.29) is 11.4 Å². The number of benzene rings is 2. The first-order valence-corrected chi connectivity index (χ1v) is 7.44. The number of carbonyl (C=O) groups excluding carboxylic acids is 1. The van der Waals surface area contributed by atoms with Crippen LogP contribution in [-0.4, -0.2) is 30.8 Å². The predicted octanol–water partition coefficient (Wildman–Crippen LogP) is 2.77. The molecule has 2 aromatic rings. The van der Waals surface area contributed by atoms with Gasteiger partial charge in [0.05, 0.1) is 24.9 Å². The second-order valence-electron chi connectivity index (χ2n) is 4.84. The normalized spacial score (nSPS) is 10.5. The van der Waals surface area contributed by atoms with Crippen LogP contribution in [0.4, 0.5) is 5.69 Å². The lowest BCUT2D eigenvalue weighted by molar-refractivity contribution is -0.385. The summed E-state index contributed by atoms with van der Waals surface area (Å²) in [6.07, 6.45) is 1.32. The number of amides is 1. The molecule has 0 aliphatic heterocycles. The Morgan fingerprint density at radius 1 is 1.28 bits per heavy atom. The molecule has 1 amide bonds. The van der Waals surface area contributed by atoms with Crippen LogP contribution in [0.5, 0.6) is 11.5 Å². The van der Waals surface area contributed by atoms with E-state index in [1.165, 1.54) is 25.5 Å². The molecule has 0 spiro atoms. The monoisotopic (exact) mass is 343 g/mol. The van der Waals surface area contributed by atoms with Crippen molar-refractivity contribution in [1.82, 2.24) is 5.43 Å². The van der Waals surface area contributed by atoms with Crippen molar-refractivity contribution in [2.45, 2.75) is 6.92 Å². The van der Waals surface area contributed by atoms with E-state index in [2.05, 4.69) is 10.5 Å². The van der Waals surface area contributed by atoms with Gasteiger partial charge < -0.3 is 9.47 Å². The number of carbonyl (C=O) groups is 1. The Balaban J connectivity index is 2.03. The summed E-state index contributed by atoms with van der Waals surface area (Å²) in [5.41, 5.74) is 3.06. The fraction of sp³-hybridized carbons (Fsp3) is 0.176. The van der Waals surface area contributed by atoms with Crippen LogP contribution in [0.1, 0.15) is 22.8 Å². The highest BCUT2D eigenvalue weighted by atomic mass is 16.6. The molecule has 130 valence electrons. The molecule has 0 radical (unpaired) electrons. The van der Waals surface area contributed by atoms with Crippen molar-refractivity contribution in [3.8, 4) is 11.5 Å². The van der Waals surface area contributed by atoms with Crippen LogP contribution in [0.25, 0.3) is 0 Å². The Hall–Kier alpha value is -3.42. The third-order valence-corrected chi connectivity index (χ3v) is 3.21. The molecule has 0 unspecified atom stereocenters. The molecule has 2 aromatic carbocycles. The fourth-order valence-corrected chi connectivity index (χ4v) is 2.03. The zero-order valence-electron chi connectivity index (χ0n) is 13.8. The average Bonchev–Trinajstić information content (AvgIpc) is 2.62. The van der Waals surface area contributed by atoms with Gasteiger partial charge in [0.2, 0.25) is 0 Å². The number of hydrogen-bond acceptors (Lipinski definition) is 6. The molecular weight excluding hydrogens is 326 g/mol. The van der Waals surface area contributed by atoms with Crippen LogP contribution < -0.4 is 14.9 Å². The van der Waals surface area contributed by atoms with E-state index in [9.17, 15) is 14.9 Å². The molecule has 0 saturated heterocycles. The van der Waals surface area contributed by atoms with Crippen molar-refractivity contribution in [3.05, 3.63) is 63.7 Å². The van der Waals surface area contributed by atoms with Crippen LogP contribution in [-0.2, 0) is 0 Å². The molecule has 1 N–H and O–H groups in total. The van der Waals surface area contributed by atoms with Crippen molar-refractivity contribution in [1.29, 1.82) is 0 Å². The smallest absolute Gasteiger partial charge is 0.311 e. The van der Waals surface area contributed by atoms with Crippen LogP contribution in [0.2, 0.25) is 0 Å². The lowest BCUT2D eigenvalue weighted by Crippen LogP contribution is -2.17. The molecule has 0 bridgehead atoms. The molecule has 0 atom stereocenters. The summed E-state index contributed by atoms with van der Waals surface area (Å²) < 4.78 is 10.2. The van der Waals surface area contributed by atoms with Gasteiger partial charge in [-0.2, -0.15) is 5.10 Å². The van der Waals surface area contributed by atoms with Gasteiger partial charge in [-0.1, -0.05) is 0 Å². The molecule has 0 aliphatic rings. The van der Waals surface area contributed by atoms with Crippen molar-refractivity contribution in [2.75, 3.05) is 13.7 Å². The minimum absolute atomic E-state index is 0.153. The Kier molecular flexibility index (Phi) is 6.05. The highest BCUT2D eigenvalue weighted by Crippen LogP contribution is 2.26. The predicted molar refractivity (Wildman–Crippen MR) is 92.3 cm³/mol. The zero-order valence-corrected chi connectivity index (χ0v) is 13.8. The molecule has 0 fully saturated rings. The van der Waals surface area contributed by atoms with Crippen LogP contribution >= 0.6 is 0 Å². The second-order valence-corrected chi connectivity index (χ2v) is 4.84. The van der Waals surface area contributed by atoms with Gasteiger partial charge in [0.1, 0.15) is 5.75 Å².